The highest BCUT2D eigenvalue weighted by molar-refractivity contribution is 5.89. The van der Waals surface area contributed by atoms with E-state index >= 15 is 0 Å². The molecule has 0 spiro atoms. The normalized spacial score (nSPS) is 10.6. The van der Waals surface area contributed by atoms with Gasteiger partial charge in [0.15, 0.2) is 0 Å². The molecule has 0 saturated carbocycles. The van der Waals surface area contributed by atoms with Crippen molar-refractivity contribution in [1.82, 2.24) is 4.98 Å². The van der Waals surface area contributed by atoms with Crippen molar-refractivity contribution < 1.29 is 22.7 Å². The van der Waals surface area contributed by atoms with Crippen molar-refractivity contribution >= 4 is 5.97 Å². The summed E-state index contributed by atoms with van der Waals surface area (Å²) in [5.74, 6) is -1.60. The number of benzene rings is 2. The molecule has 0 aliphatic rings. The number of carbonyl (C=O) groups excluding carboxylic acids is 1. The lowest BCUT2D eigenvalue weighted by atomic mass is 10.2. The van der Waals surface area contributed by atoms with Crippen molar-refractivity contribution in [1.29, 1.82) is 0 Å². The van der Waals surface area contributed by atoms with E-state index in [1.54, 1.807) is 6.92 Å². The second-order valence-electron chi connectivity index (χ2n) is 5.12. The van der Waals surface area contributed by atoms with E-state index in [2.05, 4.69) is 4.98 Å². The molecule has 2 aromatic carbocycles. The van der Waals surface area contributed by atoms with Gasteiger partial charge in [0, 0.05) is 11.6 Å². The van der Waals surface area contributed by atoms with Gasteiger partial charge < -0.3 is 9.15 Å². The molecule has 0 saturated heterocycles. The highest BCUT2D eigenvalue weighted by Gasteiger charge is 2.15. The van der Waals surface area contributed by atoms with Crippen LogP contribution in [0.2, 0.25) is 0 Å². The Morgan fingerprint density at radius 3 is 2.46 bits per heavy atom. The van der Waals surface area contributed by atoms with E-state index in [0.29, 0.717) is 23.4 Å². The fourth-order valence-corrected chi connectivity index (χ4v) is 2.16. The molecule has 0 bridgehead atoms. The topological polar surface area (TPSA) is 52.3 Å². The van der Waals surface area contributed by atoms with Gasteiger partial charge in [-0.05, 0) is 31.2 Å². The van der Waals surface area contributed by atoms with Crippen LogP contribution in [0.3, 0.4) is 0 Å². The Balaban J connectivity index is 1.73. The summed E-state index contributed by atoms with van der Waals surface area (Å²) < 4.78 is 36.9. The van der Waals surface area contributed by atoms with Gasteiger partial charge in [-0.1, -0.05) is 18.2 Å². The molecule has 0 unspecified atom stereocenters. The fraction of sp³-hybridized carbons (Fsp3) is 0.111. The number of esters is 1. The number of hydrogen-bond donors (Lipinski definition) is 0. The van der Waals surface area contributed by atoms with E-state index in [1.165, 1.54) is 0 Å². The molecule has 0 fully saturated rings. The van der Waals surface area contributed by atoms with Crippen LogP contribution in [0.25, 0.3) is 11.5 Å². The lowest BCUT2D eigenvalue weighted by Gasteiger charge is -2.03. The van der Waals surface area contributed by atoms with Crippen LogP contribution < -0.4 is 0 Å². The summed E-state index contributed by atoms with van der Waals surface area (Å²) in [4.78, 5) is 16.2. The maximum Gasteiger partial charge on any atom is 0.338 e. The Bertz CT molecular complexity index is 855. The van der Waals surface area contributed by atoms with Gasteiger partial charge in [-0.3, -0.25) is 0 Å². The second kappa shape index (κ2) is 6.62. The summed E-state index contributed by atoms with van der Waals surface area (Å²) in [5, 5.41) is 0. The van der Waals surface area contributed by atoms with Crippen LogP contribution in [0.15, 0.2) is 52.9 Å². The molecular formula is C18H13F2NO3. The number of aromatic nitrogens is 1. The first-order chi connectivity index (χ1) is 11.5. The largest absolute Gasteiger partial charge is 0.455 e. The van der Waals surface area contributed by atoms with Gasteiger partial charge in [0.1, 0.15) is 29.7 Å². The average molecular weight is 329 g/mol. The lowest BCUT2D eigenvalue weighted by Crippen LogP contribution is -2.07. The molecule has 24 heavy (non-hydrogen) atoms. The lowest BCUT2D eigenvalue weighted by molar-refractivity contribution is 0.0465. The number of rotatable bonds is 4. The van der Waals surface area contributed by atoms with Gasteiger partial charge in [-0.2, -0.15) is 0 Å². The zero-order valence-electron chi connectivity index (χ0n) is 12.8. The maximum atomic E-state index is 13.1. The molecule has 6 heteroatoms. The number of nitrogens with zero attached hydrogens (tertiary/aromatic N) is 1. The minimum Gasteiger partial charge on any atom is -0.455 e. The number of carbonyl (C=O) groups is 1. The van der Waals surface area contributed by atoms with E-state index in [4.69, 9.17) is 9.15 Å². The Morgan fingerprint density at radius 1 is 1.12 bits per heavy atom. The number of halogens is 2. The van der Waals surface area contributed by atoms with Crippen LogP contribution in [0.5, 0.6) is 0 Å². The number of hydrogen-bond acceptors (Lipinski definition) is 4. The summed E-state index contributed by atoms with van der Waals surface area (Å²) in [6, 6.07) is 11.8. The highest BCUT2D eigenvalue weighted by Crippen LogP contribution is 2.22. The predicted octanol–water partition coefficient (Wildman–Crippen LogP) is 4.29. The van der Waals surface area contributed by atoms with Crippen molar-refractivity contribution in [3.8, 4) is 11.5 Å². The molecule has 122 valence electrons. The Kier molecular flexibility index (Phi) is 4.37. The molecule has 0 aliphatic carbocycles. The molecule has 3 rings (SSSR count). The Hall–Kier alpha value is -3.02. The Labute approximate surface area is 136 Å². The molecule has 0 amide bonds. The minimum absolute atomic E-state index is 0.154. The quantitative estimate of drug-likeness (QED) is 0.670. The molecule has 0 atom stereocenters. The van der Waals surface area contributed by atoms with Gasteiger partial charge in [0.05, 0.1) is 5.56 Å². The predicted molar refractivity (Wildman–Crippen MR) is 82.2 cm³/mol. The van der Waals surface area contributed by atoms with E-state index in [-0.39, 0.29) is 12.2 Å². The standard InChI is InChI=1S/C18H13F2NO3/c1-11-16(21-17(24-11)12-5-3-2-4-6-12)10-23-18(22)13-7-14(19)9-15(20)8-13/h2-9H,10H2,1H3. The number of ether oxygens (including phenoxy) is 1. The van der Waals surface area contributed by atoms with Gasteiger partial charge in [0.2, 0.25) is 5.89 Å². The van der Waals surface area contributed by atoms with Gasteiger partial charge in [0.25, 0.3) is 0 Å². The van der Waals surface area contributed by atoms with E-state index in [0.717, 1.165) is 17.7 Å². The molecule has 3 aromatic rings. The van der Waals surface area contributed by atoms with Gasteiger partial charge >= 0.3 is 5.97 Å². The van der Waals surface area contributed by atoms with Crippen LogP contribution in [0, 0.1) is 18.6 Å². The van der Waals surface area contributed by atoms with E-state index in [9.17, 15) is 13.6 Å². The van der Waals surface area contributed by atoms with Crippen molar-refractivity contribution in [2.75, 3.05) is 0 Å². The van der Waals surface area contributed by atoms with Crippen LogP contribution in [-0.2, 0) is 11.3 Å². The van der Waals surface area contributed by atoms with Crippen LogP contribution in [0.1, 0.15) is 21.8 Å². The first-order valence-electron chi connectivity index (χ1n) is 7.18. The van der Waals surface area contributed by atoms with Crippen LogP contribution in [0.4, 0.5) is 8.78 Å². The summed E-state index contributed by atoms with van der Waals surface area (Å²) >= 11 is 0. The van der Waals surface area contributed by atoms with Crippen molar-refractivity contribution in [2.45, 2.75) is 13.5 Å². The molecule has 1 heterocycles. The van der Waals surface area contributed by atoms with Gasteiger partial charge in [-0.15, -0.1) is 0 Å². The zero-order chi connectivity index (χ0) is 17.1. The van der Waals surface area contributed by atoms with Crippen molar-refractivity contribution in [3.05, 3.63) is 77.2 Å². The smallest absolute Gasteiger partial charge is 0.338 e. The summed E-state index contributed by atoms with van der Waals surface area (Å²) in [6.45, 7) is 1.55. The highest BCUT2D eigenvalue weighted by atomic mass is 19.1. The number of oxazole rings is 1. The third-order valence-electron chi connectivity index (χ3n) is 3.35. The first-order valence-corrected chi connectivity index (χ1v) is 7.18. The maximum absolute atomic E-state index is 13.1. The van der Waals surface area contributed by atoms with E-state index < -0.39 is 17.6 Å². The number of aryl methyl sites for hydroxylation is 1. The third-order valence-corrected chi connectivity index (χ3v) is 3.35. The monoisotopic (exact) mass is 329 g/mol. The second-order valence-corrected chi connectivity index (χ2v) is 5.12. The molecule has 0 aliphatic heterocycles. The molecule has 0 N–H and O–H groups in total. The minimum atomic E-state index is -0.842. The summed E-state index contributed by atoms with van der Waals surface area (Å²) in [6.07, 6.45) is 0. The summed E-state index contributed by atoms with van der Waals surface area (Å²) in [5.41, 5.74) is 1.04. The zero-order valence-corrected chi connectivity index (χ0v) is 12.8. The van der Waals surface area contributed by atoms with Crippen LogP contribution in [-0.4, -0.2) is 11.0 Å². The average Bonchev–Trinajstić information content (AvgIpc) is 2.93. The molecule has 0 radical (unpaired) electrons. The SMILES string of the molecule is Cc1oc(-c2ccccc2)nc1COC(=O)c1cc(F)cc(F)c1. The van der Waals surface area contributed by atoms with Crippen molar-refractivity contribution in [3.63, 3.8) is 0 Å². The molecule has 1 aromatic heterocycles. The van der Waals surface area contributed by atoms with Crippen LogP contribution >= 0.6 is 0 Å². The Morgan fingerprint density at radius 2 is 1.79 bits per heavy atom. The van der Waals surface area contributed by atoms with E-state index in [1.807, 2.05) is 30.3 Å². The molecule has 4 nitrogen and oxygen atoms in total. The first kappa shape index (κ1) is 15.9. The third kappa shape index (κ3) is 3.48. The fourth-order valence-electron chi connectivity index (χ4n) is 2.16. The summed E-state index contributed by atoms with van der Waals surface area (Å²) in [7, 11) is 0. The van der Waals surface area contributed by atoms with Crippen molar-refractivity contribution in [2.24, 2.45) is 0 Å². The molecular weight excluding hydrogens is 316 g/mol. The van der Waals surface area contributed by atoms with Gasteiger partial charge in [-0.25, -0.2) is 18.6 Å².